The number of carbonyl (C=O) groups is 1. The summed E-state index contributed by atoms with van der Waals surface area (Å²) in [6.07, 6.45) is 12.4. The topological polar surface area (TPSA) is 26.3 Å². The van der Waals surface area contributed by atoms with Crippen molar-refractivity contribution >= 4 is 6.29 Å². The average molecular weight is 268 g/mol. The zero-order valence-corrected chi connectivity index (χ0v) is 11.6. The molecule has 0 N–H and O–H groups in total. The van der Waals surface area contributed by atoms with Gasteiger partial charge in [-0.3, -0.25) is 0 Å². The van der Waals surface area contributed by atoms with Crippen LogP contribution in [0, 0.1) is 11.3 Å². The number of hydrogen-bond acceptors (Lipinski definition) is 2. The molecule has 2 aliphatic rings. The molecule has 0 aromatic heterocycles. The Bertz CT molecular complexity index is 517. The highest BCUT2D eigenvalue weighted by atomic mass is 16.5. The molecule has 20 heavy (non-hydrogen) atoms. The van der Waals surface area contributed by atoms with Crippen molar-refractivity contribution in [3.63, 3.8) is 0 Å². The van der Waals surface area contributed by atoms with Crippen molar-refractivity contribution < 1.29 is 9.53 Å². The highest BCUT2D eigenvalue weighted by Gasteiger charge is 2.46. The third-order valence-electron chi connectivity index (χ3n) is 4.55. The number of aldehydes is 1. The van der Waals surface area contributed by atoms with Crippen molar-refractivity contribution in [3.05, 3.63) is 60.2 Å². The maximum absolute atomic E-state index is 11.6. The lowest BCUT2D eigenvalue weighted by molar-refractivity contribution is -0.130. The normalized spacial score (nSPS) is 31.8. The third-order valence-corrected chi connectivity index (χ3v) is 4.55. The first-order chi connectivity index (χ1) is 9.84. The van der Waals surface area contributed by atoms with Crippen LogP contribution in [0.3, 0.4) is 0 Å². The fourth-order valence-corrected chi connectivity index (χ4v) is 3.16. The number of hydrogen-bond donors (Lipinski definition) is 0. The Hall–Kier alpha value is -1.67. The monoisotopic (exact) mass is 268 g/mol. The van der Waals surface area contributed by atoms with Crippen LogP contribution in [0.2, 0.25) is 0 Å². The predicted molar refractivity (Wildman–Crippen MR) is 79.1 cm³/mol. The second-order valence-corrected chi connectivity index (χ2v) is 5.74. The molecule has 0 radical (unpaired) electrons. The zero-order chi connectivity index (χ0) is 13.8. The molecule has 3 rings (SSSR count). The van der Waals surface area contributed by atoms with E-state index in [0.717, 1.165) is 25.5 Å². The van der Waals surface area contributed by atoms with E-state index in [4.69, 9.17) is 4.74 Å². The summed E-state index contributed by atoms with van der Waals surface area (Å²) in [6, 6.07) is 10.2. The molecule has 0 bridgehead atoms. The molecule has 1 fully saturated rings. The smallest absolute Gasteiger partial charge is 0.130 e. The van der Waals surface area contributed by atoms with Crippen molar-refractivity contribution in [3.8, 4) is 0 Å². The summed E-state index contributed by atoms with van der Waals surface area (Å²) in [5.74, 6) is 0.324. The molecule has 0 saturated heterocycles. The first kappa shape index (κ1) is 13.3. The first-order valence-corrected chi connectivity index (χ1v) is 7.30. The Morgan fingerprint density at radius 1 is 1.20 bits per heavy atom. The predicted octanol–water partition coefficient (Wildman–Crippen LogP) is 3.68. The maximum atomic E-state index is 11.6. The Morgan fingerprint density at radius 3 is 2.65 bits per heavy atom. The lowest BCUT2D eigenvalue weighted by atomic mass is 9.61. The van der Waals surface area contributed by atoms with Crippen LogP contribution in [0.15, 0.2) is 54.6 Å². The third kappa shape index (κ3) is 2.48. The van der Waals surface area contributed by atoms with Gasteiger partial charge in [0, 0.05) is 5.92 Å². The van der Waals surface area contributed by atoms with E-state index in [-0.39, 0.29) is 11.5 Å². The minimum absolute atomic E-state index is 0.205. The molecule has 3 unspecified atom stereocenters. The first-order valence-electron chi connectivity index (χ1n) is 7.30. The maximum Gasteiger partial charge on any atom is 0.130 e. The summed E-state index contributed by atoms with van der Waals surface area (Å²) >= 11 is 0. The number of benzene rings is 1. The van der Waals surface area contributed by atoms with Crippen LogP contribution in [-0.4, -0.2) is 12.4 Å². The van der Waals surface area contributed by atoms with Gasteiger partial charge in [0.05, 0.1) is 18.1 Å². The summed E-state index contributed by atoms with van der Waals surface area (Å²) in [5.41, 5.74) is 0.853. The minimum atomic E-state index is -0.339. The second kappa shape index (κ2) is 5.76. The number of ether oxygens (including phenoxy) is 1. The SMILES string of the molecule is O=CC1(C2CCC2OCc2ccccc2)C=CC=CC1. The average Bonchev–Trinajstić information content (AvgIpc) is 2.48. The molecule has 0 amide bonds. The van der Waals surface area contributed by atoms with E-state index in [2.05, 4.69) is 24.3 Å². The van der Waals surface area contributed by atoms with Crippen molar-refractivity contribution in [2.45, 2.75) is 32.0 Å². The molecule has 0 spiro atoms. The van der Waals surface area contributed by atoms with Gasteiger partial charge in [0.15, 0.2) is 0 Å². The van der Waals surface area contributed by atoms with E-state index in [1.54, 1.807) is 0 Å². The van der Waals surface area contributed by atoms with Gasteiger partial charge in [0.25, 0.3) is 0 Å². The summed E-state index contributed by atoms with van der Waals surface area (Å²) < 4.78 is 6.04. The van der Waals surface area contributed by atoms with E-state index >= 15 is 0 Å². The van der Waals surface area contributed by atoms with Gasteiger partial charge in [-0.15, -0.1) is 0 Å². The fraction of sp³-hybridized carbons (Fsp3) is 0.389. The van der Waals surface area contributed by atoms with E-state index in [1.165, 1.54) is 5.56 Å². The Kier molecular flexibility index (Phi) is 3.83. The van der Waals surface area contributed by atoms with Crippen molar-refractivity contribution in [1.29, 1.82) is 0 Å². The molecule has 1 saturated carbocycles. The molecule has 104 valence electrons. The van der Waals surface area contributed by atoms with Gasteiger partial charge < -0.3 is 9.53 Å². The molecule has 1 aromatic rings. The number of allylic oxidation sites excluding steroid dienone is 4. The Labute approximate surface area is 120 Å². The highest BCUT2D eigenvalue weighted by Crippen LogP contribution is 2.47. The van der Waals surface area contributed by atoms with Crippen LogP contribution in [0.5, 0.6) is 0 Å². The van der Waals surface area contributed by atoms with Gasteiger partial charge in [-0.2, -0.15) is 0 Å². The lowest BCUT2D eigenvalue weighted by Crippen LogP contribution is -2.46. The molecule has 2 heteroatoms. The quantitative estimate of drug-likeness (QED) is 0.761. The molecule has 2 nitrogen and oxygen atoms in total. The van der Waals surface area contributed by atoms with Crippen LogP contribution >= 0.6 is 0 Å². The highest BCUT2D eigenvalue weighted by molar-refractivity contribution is 5.65. The summed E-state index contributed by atoms with van der Waals surface area (Å²) in [6.45, 7) is 0.635. The van der Waals surface area contributed by atoms with Gasteiger partial charge >= 0.3 is 0 Å². The van der Waals surface area contributed by atoms with Gasteiger partial charge in [-0.25, -0.2) is 0 Å². The zero-order valence-electron chi connectivity index (χ0n) is 11.6. The van der Waals surface area contributed by atoms with E-state index < -0.39 is 0 Å². The minimum Gasteiger partial charge on any atom is -0.373 e. The summed E-state index contributed by atoms with van der Waals surface area (Å²) in [5, 5.41) is 0. The lowest BCUT2D eigenvalue weighted by Gasteiger charge is -2.46. The van der Waals surface area contributed by atoms with Crippen LogP contribution in [0.1, 0.15) is 24.8 Å². The van der Waals surface area contributed by atoms with Gasteiger partial charge in [0.2, 0.25) is 0 Å². The number of carbonyl (C=O) groups excluding carboxylic acids is 1. The molecule has 1 aromatic carbocycles. The van der Waals surface area contributed by atoms with Crippen molar-refractivity contribution in [2.24, 2.45) is 11.3 Å². The van der Waals surface area contributed by atoms with Gasteiger partial charge in [-0.05, 0) is 24.8 Å². The summed E-state index contributed by atoms with van der Waals surface area (Å²) in [4.78, 5) is 11.6. The molecule has 3 atom stereocenters. The Morgan fingerprint density at radius 2 is 2.05 bits per heavy atom. The molecular weight excluding hydrogens is 248 g/mol. The standard InChI is InChI=1S/C18H20O2/c19-14-18(11-5-2-6-12-18)16-9-10-17(16)20-13-15-7-3-1-4-8-15/h1-8,11,14,16-17H,9-10,12-13H2. The van der Waals surface area contributed by atoms with Gasteiger partial charge in [0.1, 0.15) is 6.29 Å². The largest absolute Gasteiger partial charge is 0.373 e. The molecule has 2 aliphatic carbocycles. The second-order valence-electron chi connectivity index (χ2n) is 5.74. The number of rotatable bonds is 5. The van der Waals surface area contributed by atoms with E-state index in [0.29, 0.717) is 12.5 Å². The van der Waals surface area contributed by atoms with Crippen LogP contribution in [0.4, 0.5) is 0 Å². The van der Waals surface area contributed by atoms with Crippen LogP contribution in [-0.2, 0) is 16.1 Å². The Balaban J connectivity index is 1.63. The van der Waals surface area contributed by atoms with Crippen LogP contribution < -0.4 is 0 Å². The molecule has 0 heterocycles. The fourth-order valence-electron chi connectivity index (χ4n) is 3.16. The van der Waals surface area contributed by atoms with Crippen molar-refractivity contribution in [2.75, 3.05) is 0 Å². The van der Waals surface area contributed by atoms with E-state index in [9.17, 15) is 4.79 Å². The molecule has 0 aliphatic heterocycles. The van der Waals surface area contributed by atoms with Crippen LogP contribution in [0.25, 0.3) is 0 Å². The summed E-state index contributed by atoms with van der Waals surface area (Å²) in [7, 11) is 0. The molecular formula is C18H20O2. The van der Waals surface area contributed by atoms with E-state index in [1.807, 2.05) is 30.4 Å². The van der Waals surface area contributed by atoms with Gasteiger partial charge in [-0.1, -0.05) is 54.6 Å². The van der Waals surface area contributed by atoms with Crippen molar-refractivity contribution in [1.82, 2.24) is 0 Å².